The van der Waals surface area contributed by atoms with Gasteiger partial charge in [-0.1, -0.05) is 13.8 Å². The molecular formula is C11H20N2O2. The van der Waals surface area contributed by atoms with Crippen LogP contribution in [0, 0.1) is 17.8 Å². The summed E-state index contributed by atoms with van der Waals surface area (Å²) in [5, 5.41) is 8.83. The minimum Gasteiger partial charge on any atom is -0.465 e. The van der Waals surface area contributed by atoms with Gasteiger partial charge in [-0.2, -0.15) is 0 Å². The Labute approximate surface area is 90.9 Å². The molecule has 2 aliphatic rings. The molecule has 0 aromatic rings. The fourth-order valence-corrected chi connectivity index (χ4v) is 2.86. The Hall–Kier alpha value is -0.770. The van der Waals surface area contributed by atoms with Crippen molar-refractivity contribution in [3.05, 3.63) is 0 Å². The van der Waals surface area contributed by atoms with Crippen molar-refractivity contribution in [2.75, 3.05) is 32.7 Å². The summed E-state index contributed by atoms with van der Waals surface area (Å²) in [7, 11) is 0. The van der Waals surface area contributed by atoms with Crippen molar-refractivity contribution in [2.24, 2.45) is 17.8 Å². The topological polar surface area (TPSA) is 43.8 Å². The SMILES string of the molecule is CCN(CC)C[C@@H]1[C@H]2CN(C(=O)O)C[C@@H]12. The summed E-state index contributed by atoms with van der Waals surface area (Å²) in [5.41, 5.74) is 0. The van der Waals surface area contributed by atoms with E-state index < -0.39 is 6.09 Å². The maximum absolute atomic E-state index is 10.7. The number of fused-ring (bicyclic) bond motifs is 1. The third-order valence-electron chi connectivity index (χ3n) is 4.01. The highest BCUT2D eigenvalue weighted by Gasteiger charge is 2.56. The summed E-state index contributed by atoms with van der Waals surface area (Å²) in [6.45, 7) is 9.29. The lowest BCUT2D eigenvalue weighted by molar-refractivity contribution is 0.146. The van der Waals surface area contributed by atoms with E-state index in [1.165, 1.54) is 0 Å². The van der Waals surface area contributed by atoms with E-state index in [0.717, 1.165) is 38.6 Å². The molecule has 1 N–H and O–H groups in total. The van der Waals surface area contributed by atoms with Crippen LogP contribution < -0.4 is 0 Å². The van der Waals surface area contributed by atoms with E-state index in [1.807, 2.05) is 0 Å². The first-order valence-corrected chi connectivity index (χ1v) is 5.87. The first kappa shape index (κ1) is 10.7. The second kappa shape index (κ2) is 4.00. The van der Waals surface area contributed by atoms with Gasteiger partial charge in [-0.3, -0.25) is 0 Å². The second-order valence-electron chi connectivity index (χ2n) is 4.66. The van der Waals surface area contributed by atoms with Crippen molar-refractivity contribution >= 4 is 6.09 Å². The molecule has 86 valence electrons. The number of amides is 1. The van der Waals surface area contributed by atoms with Crippen LogP contribution in [0.3, 0.4) is 0 Å². The molecule has 1 amide bonds. The van der Waals surface area contributed by atoms with Gasteiger partial charge in [-0.05, 0) is 30.8 Å². The van der Waals surface area contributed by atoms with E-state index in [4.69, 9.17) is 5.11 Å². The van der Waals surface area contributed by atoms with E-state index in [1.54, 1.807) is 4.90 Å². The zero-order valence-corrected chi connectivity index (χ0v) is 9.52. The molecule has 4 nitrogen and oxygen atoms in total. The van der Waals surface area contributed by atoms with Gasteiger partial charge in [-0.25, -0.2) is 4.79 Å². The van der Waals surface area contributed by atoms with Gasteiger partial charge in [-0.15, -0.1) is 0 Å². The molecule has 3 atom stereocenters. The zero-order valence-electron chi connectivity index (χ0n) is 9.52. The molecule has 0 aromatic heterocycles. The van der Waals surface area contributed by atoms with Crippen LogP contribution in [0.2, 0.25) is 0 Å². The predicted octanol–water partition coefficient (Wildman–Crippen LogP) is 1.18. The molecule has 1 saturated carbocycles. The van der Waals surface area contributed by atoms with E-state index >= 15 is 0 Å². The molecule has 0 aromatic carbocycles. The second-order valence-corrected chi connectivity index (χ2v) is 4.66. The molecule has 4 heteroatoms. The number of carbonyl (C=O) groups is 1. The van der Waals surface area contributed by atoms with E-state index in [2.05, 4.69) is 18.7 Å². The number of rotatable bonds is 4. The maximum atomic E-state index is 10.7. The Morgan fingerprint density at radius 2 is 1.87 bits per heavy atom. The lowest BCUT2D eigenvalue weighted by Gasteiger charge is -2.21. The molecule has 0 spiro atoms. The van der Waals surface area contributed by atoms with Gasteiger partial charge in [0, 0.05) is 19.6 Å². The summed E-state index contributed by atoms with van der Waals surface area (Å²) in [6, 6.07) is 0. The van der Waals surface area contributed by atoms with Crippen LogP contribution in [-0.2, 0) is 0 Å². The first-order valence-electron chi connectivity index (χ1n) is 5.87. The number of piperidine rings is 1. The Morgan fingerprint density at radius 1 is 1.33 bits per heavy atom. The Balaban J connectivity index is 1.77. The highest BCUT2D eigenvalue weighted by Crippen LogP contribution is 2.51. The lowest BCUT2D eigenvalue weighted by Crippen LogP contribution is -2.33. The number of likely N-dealkylation sites (tertiary alicyclic amines) is 1. The molecule has 1 aliphatic heterocycles. The monoisotopic (exact) mass is 212 g/mol. The number of hydrogen-bond acceptors (Lipinski definition) is 2. The molecule has 1 saturated heterocycles. The van der Waals surface area contributed by atoms with Crippen LogP contribution in [0.15, 0.2) is 0 Å². The molecular weight excluding hydrogens is 192 g/mol. The van der Waals surface area contributed by atoms with Gasteiger partial charge < -0.3 is 14.9 Å². The van der Waals surface area contributed by atoms with Gasteiger partial charge in [0.05, 0.1) is 0 Å². The van der Waals surface area contributed by atoms with Crippen LogP contribution >= 0.6 is 0 Å². The van der Waals surface area contributed by atoms with Crippen molar-refractivity contribution < 1.29 is 9.90 Å². The molecule has 15 heavy (non-hydrogen) atoms. The third-order valence-corrected chi connectivity index (χ3v) is 4.01. The van der Waals surface area contributed by atoms with Crippen LogP contribution in [0.4, 0.5) is 4.79 Å². The summed E-state index contributed by atoms with van der Waals surface area (Å²) in [6.07, 6.45) is -0.746. The lowest BCUT2D eigenvalue weighted by atomic mass is 10.2. The molecule has 0 bridgehead atoms. The van der Waals surface area contributed by atoms with Gasteiger partial charge in [0.2, 0.25) is 0 Å². The van der Waals surface area contributed by atoms with E-state index in [9.17, 15) is 4.79 Å². The Kier molecular flexibility index (Phi) is 2.87. The van der Waals surface area contributed by atoms with Crippen molar-refractivity contribution in [3.8, 4) is 0 Å². The van der Waals surface area contributed by atoms with Crippen LogP contribution in [0.1, 0.15) is 13.8 Å². The number of carboxylic acid groups (broad SMARTS) is 1. The van der Waals surface area contributed by atoms with Crippen molar-refractivity contribution in [2.45, 2.75) is 13.8 Å². The average molecular weight is 212 g/mol. The number of nitrogens with zero attached hydrogens (tertiary/aromatic N) is 2. The molecule has 1 heterocycles. The first-order chi connectivity index (χ1) is 7.17. The molecule has 0 radical (unpaired) electrons. The van der Waals surface area contributed by atoms with Gasteiger partial charge in [0.1, 0.15) is 0 Å². The minimum absolute atomic E-state index is 0.654. The standard InChI is InChI=1S/C11H20N2O2/c1-3-12(4-2)5-8-9-6-13(11(14)15)7-10(8)9/h8-10H,3-7H2,1-2H3,(H,14,15)/t8-,9-,10+. The minimum atomic E-state index is -0.746. The average Bonchev–Trinajstić information content (AvgIpc) is 2.68. The van der Waals surface area contributed by atoms with Crippen molar-refractivity contribution in [1.82, 2.24) is 9.80 Å². The van der Waals surface area contributed by atoms with E-state index in [0.29, 0.717) is 11.8 Å². The quantitative estimate of drug-likeness (QED) is 0.761. The molecule has 1 aliphatic carbocycles. The maximum Gasteiger partial charge on any atom is 0.407 e. The smallest absolute Gasteiger partial charge is 0.407 e. The van der Waals surface area contributed by atoms with Crippen LogP contribution in [0.5, 0.6) is 0 Å². The highest BCUT2D eigenvalue weighted by atomic mass is 16.4. The Bertz CT molecular complexity index is 241. The summed E-state index contributed by atoms with van der Waals surface area (Å²) in [4.78, 5) is 14.7. The van der Waals surface area contributed by atoms with Gasteiger partial charge in [0.15, 0.2) is 0 Å². The number of hydrogen-bond donors (Lipinski definition) is 1. The predicted molar refractivity (Wildman–Crippen MR) is 57.9 cm³/mol. The summed E-state index contributed by atoms with van der Waals surface area (Å²) < 4.78 is 0. The third kappa shape index (κ3) is 1.95. The van der Waals surface area contributed by atoms with Crippen molar-refractivity contribution in [3.63, 3.8) is 0 Å². The fraction of sp³-hybridized carbons (Fsp3) is 0.909. The van der Waals surface area contributed by atoms with Gasteiger partial charge in [0.25, 0.3) is 0 Å². The molecule has 2 rings (SSSR count). The fourth-order valence-electron chi connectivity index (χ4n) is 2.86. The summed E-state index contributed by atoms with van der Waals surface area (Å²) >= 11 is 0. The zero-order chi connectivity index (χ0) is 11.0. The van der Waals surface area contributed by atoms with Crippen molar-refractivity contribution in [1.29, 1.82) is 0 Å². The Morgan fingerprint density at radius 3 is 2.27 bits per heavy atom. The van der Waals surface area contributed by atoms with Crippen LogP contribution in [-0.4, -0.2) is 53.7 Å². The van der Waals surface area contributed by atoms with Gasteiger partial charge >= 0.3 is 6.09 Å². The van der Waals surface area contributed by atoms with E-state index in [-0.39, 0.29) is 0 Å². The van der Waals surface area contributed by atoms with Crippen LogP contribution in [0.25, 0.3) is 0 Å². The molecule has 2 fully saturated rings. The normalized spacial score (nSPS) is 33.3. The highest BCUT2D eigenvalue weighted by molar-refractivity contribution is 5.65. The summed E-state index contributed by atoms with van der Waals surface area (Å²) in [5.74, 6) is 2.07. The largest absolute Gasteiger partial charge is 0.465 e. The molecule has 0 unspecified atom stereocenters.